The molecule has 0 saturated carbocycles. The third kappa shape index (κ3) is 5.87. The lowest BCUT2D eigenvalue weighted by Gasteiger charge is -2.22. The number of aromatic nitrogens is 3. The van der Waals surface area contributed by atoms with Crippen LogP contribution in [0.15, 0.2) is 66.2 Å². The molecule has 0 aliphatic carbocycles. The van der Waals surface area contributed by atoms with Crippen LogP contribution in [-0.2, 0) is 13.1 Å². The normalized spacial score (nSPS) is 15.1. The molecule has 7 nitrogen and oxygen atoms in total. The molecule has 1 aliphatic rings. The van der Waals surface area contributed by atoms with Gasteiger partial charge >= 0.3 is 0 Å². The van der Waals surface area contributed by atoms with Gasteiger partial charge in [0.15, 0.2) is 5.96 Å². The smallest absolute Gasteiger partial charge is 0.192 e. The second-order valence-corrected chi connectivity index (χ2v) is 8.26. The molecule has 4 rings (SSSR count). The number of nitrogens with one attached hydrogen (secondary N) is 2. The van der Waals surface area contributed by atoms with E-state index in [0.29, 0.717) is 13.1 Å². The van der Waals surface area contributed by atoms with Crippen LogP contribution < -0.4 is 15.5 Å². The Morgan fingerprint density at radius 3 is 2.69 bits per heavy atom. The zero-order chi connectivity index (χ0) is 22.2. The highest BCUT2D eigenvalue weighted by Crippen LogP contribution is 2.24. The van der Waals surface area contributed by atoms with Gasteiger partial charge in [0, 0.05) is 25.3 Å². The number of benzene rings is 2. The van der Waals surface area contributed by atoms with Gasteiger partial charge in [0.05, 0.1) is 19.1 Å². The van der Waals surface area contributed by atoms with Crippen molar-refractivity contribution in [1.82, 2.24) is 25.4 Å². The summed E-state index contributed by atoms with van der Waals surface area (Å²) in [6.45, 7) is 8.74. The predicted octanol–water partition coefficient (Wildman–Crippen LogP) is 3.74. The van der Waals surface area contributed by atoms with E-state index in [4.69, 9.17) is 4.99 Å². The molecule has 168 valence electrons. The highest BCUT2D eigenvalue weighted by Gasteiger charge is 2.14. The van der Waals surface area contributed by atoms with Gasteiger partial charge in [-0.2, -0.15) is 5.10 Å². The van der Waals surface area contributed by atoms with Crippen LogP contribution in [0.5, 0.6) is 0 Å². The van der Waals surface area contributed by atoms with Crippen LogP contribution in [0.25, 0.3) is 0 Å². The second kappa shape index (κ2) is 10.8. The maximum atomic E-state index is 4.84. The predicted molar refractivity (Wildman–Crippen MR) is 130 cm³/mol. The van der Waals surface area contributed by atoms with Gasteiger partial charge in [-0.25, -0.2) is 14.7 Å². The summed E-state index contributed by atoms with van der Waals surface area (Å²) in [6.07, 6.45) is 5.87. The minimum atomic E-state index is 0.161. The topological polar surface area (TPSA) is 70.4 Å². The number of guanidine groups is 1. The molecule has 7 heteroatoms. The highest BCUT2D eigenvalue weighted by molar-refractivity contribution is 5.80. The Labute approximate surface area is 190 Å². The Morgan fingerprint density at radius 2 is 1.91 bits per heavy atom. The first-order valence-electron chi connectivity index (χ1n) is 11.5. The molecule has 0 amide bonds. The van der Waals surface area contributed by atoms with E-state index in [9.17, 15) is 0 Å². The van der Waals surface area contributed by atoms with E-state index in [1.807, 2.05) is 4.68 Å². The molecule has 2 aromatic carbocycles. The molecule has 1 saturated heterocycles. The van der Waals surface area contributed by atoms with E-state index < -0.39 is 0 Å². The Kier molecular flexibility index (Phi) is 7.38. The van der Waals surface area contributed by atoms with Crippen LogP contribution >= 0.6 is 0 Å². The Morgan fingerprint density at radius 1 is 1.09 bits per heavy atom. The average Bonchev–Trinajstić information content (AvgIpc) is 3.53. The summed E-state index contributed by atoms with van der Waals surface area (Å²) in [5.74, 6) is 0.827. The third-order valence-electron chi connectivity index (χ3n) is 5.76. The monoisotopic (exact) mass is 431 g/mol. The summed E-state index contributed by atoms with van der Waals surface area (Å²) in [5, 5.41) is 11.1. The summed E-state index contributed by atoms with van der Waals surface area (Å²) in [6, 6.07) is 17.5. The lowest BCUT2D eigenvalue weighted by Crippen LogP contribution is -2.38. The van der Waals surface area contributed by atoms with Crippen molar-refractivity contribution in [3.8, 4) is 0 Å². The molecular weight excluding hydrogens is 398 g/mol. The molecule has 0 radical (unpaired) electrons. The van der Waals surface area contributed by atoms with E-state index in [1.54, 1.807) is 12.7 Å². The van der Waals surface area contributed by atoms with E-state index >= 15 is 0 Å². The van der Waals surface area contributed by atoms with Crippen molar-refractivity contribution in [2.75, 3.05) is 24.5 Å². The van der Waals surface area contributed by atoms with E-state index in [2.05, 4.69) is 88.0 Å². The SMILES string of the molecule is CCNC(=NCc1cccc(Cn2cncn2)c1)NC(C)c1cccc(N2CCCC2)c1. The molecular formula is C25H33N7. The van der Waals surface area contributed by atoms with Gasteiger partial charge in [0.25, 0.3) is 0 Å². The first-order valence-corrected chi connectivity index (χ1v) is 11.5. The molecule has 0 bridgehead atoms. The van der Waals surface area contributed by atoms with Gasteiger partial charge in [0.2, 0.25) is 0 Å². The summed E-state index contributed by atoms with van der Waals surface area (Å²) in [5.41, 5.74) is 4.95. The lowest BCUT2D eigenvalue weighted by atomic mass is 10.1. The van der Waals surface area contributed by atoms with Crippen LogP contribution in [0.4, 0.5) is 5.69 Å². The van der Waals surface area contributed by atoms with Crippen molar-refractivity contribution < 1.29 is 0 Å². The maximum absolute atomic E-state index is 4.84. The van der Waals surface area contributed by atoms with Crippen molar-refractivity contribution in [3.63, 3.8) is 0 Å². The molecule has 1 aliphatic heterocycles. The molecule has 1 unspecified atom stereocenters. The van der Waals surface area contributed by atoms with Crippen LogP contribution in [0.1, 0.15) is 49.4 Å². The first kappa shape index (κ1) is 21.9. The van der Waals surface area contributed by atoms with Crippen LogP contribution in [-0.4, -0.2) is 40.4 Å². The summed E-state index contributed by atoms with van der Waals surface area (Å²) in [4.78, 5) is 11.3. The number of anilines is 1. The number of aliphatic imine (C=N–C) groups is 1. The lowest BCUT2D eigenvalue weighted by molar-refractivity contribution is 0.682. The van der Waals surface area contributed by atoms with Crippen molar-refractivity contribution >= 4 is 11.6 Å². The summed E-state index contributed by atoms with van der Waals surface area (Å²) < 4.78 is 1.83. The summed E-state index contributed by atoms with van der Waals surface area (Å²) in [7, 11) is 0. The number of rotatable bonds is 8. The van der Waals surface area contributed by atoms with Crippen molar-refractivity contribution in [1.29, 1.82) is 0 Å². The standard InChI is InChI=1S/C25H33N7/c1-3-27-25(28-16-21-8-6-9-22(14-21)17-32-19-26-18-29-32)30-20(2)23-10-7-11-24(15-23)31-12-4-5-13-31/h6-11,14-15,18-20H,3-5,12-13,16-17H2,1-2H3,(H2,27,28,30). The van der Waals surface area contributed by atoms with E-state index in [0.717, 1.165) is 25.6 Å². The zero-order valence-corrected chi connectivity index (χ0v) is 19.0. The second-order valence-electron chi connectivity index (χ2n) is 8.26. The molecule has 1 fully saturated rings. The fourth-order valence-electron chi connectivity index (χ4n) is 4.07. The number of hydrogen-bond donors (Lipinski definition) is 2. The van der Waals surface area contributed by atoms with E-state index in [-0.39, 0.29) is 6.04 Å². The molecule has 1 atom stereocenters. The van der Waals surface area contributed by atoms with E-state index in [1.165, 1.54) is 35.2 Å². The fourth-order valence-corrected chi connectivity index (χ4v) is 4.07. The minimum absolute atomic E-state index is 0.161. The van der Waals surface area contributed by atoms with Gasteiger partial charge in [-0.1, -0.05) is 36.4 Å². The van der Waals surface area contributed by atoms with Gasteiger partial charge < -0.3 is 15.5 Å². The molecule has 32 heavy (non-hydrogen) atoms. The molecule has 1 aromatic heterocycles. The quantitative estimate of drug-likeness (QED) is 0.420. The zero-order valence-electron chi connectivity index (χ0n) is 19.0. The van der Waals surface area contributed by atoms with Crippen LogP contribution in [0.2, 0.25) is 0 Å². The fraction of sp³-hybridized carbons (Fsp3) is 0.400. The average molecular weight is 432 g/mol. The van der Waals surface area contributed by atoms with Crippen molar-refractivity contribution in [2.45, 2.75) is 45.8 Å². The summed E-state index contributed by atoms with van der Waals surface area (Å²) >= 11 is 0. The van der Waals surface area contributed by atoms with Gasteiger partial charge in [-0.3, -0.25) is 0 Å². The maximum Gasteiger partial charge on any atom is 0.192 e. The Balaban J connectivity index is 1.41. The molecule has 3 aromatic rings. The number of hydrogen-bond acceptors (Lipinski definition) is 4. The highest BCUT2D eigenvalue weighted by atomic mass is 15.3. The molecule has 2 heterocycles. The molecule has 2 N–H and O–H groups in total. The minimum Gasteiger partial charge on any atom is -0.372 e. The van der Waals surface area contributed by atoms with Gasteiger partial charge in [0.1, 0.15) is 12.7 Å². The van der Waals surface area contributed by atoms with Gasteiger partial charge in [-0.05, 0) is 55.5 Å². The molecule has 0 spiro atoms. The third-order valence-corrected chi connectivity index (χ3v) is 5.76. The first-order chi connectivity index (χ1) is 15.7. The number of nitrogens with zero attached hydrogens (tertiary/aromatic N) is 5. The Bertz CT molecular complexity index is 1010. The van der Waals surface area contributed by atoms with Crippen molar-refractivity contribution in [2.24, 2.45) is 4.99 Å². The van der Waals surface area contributed by atoms with Crippen LogP contribution in [0, 0.1) is 0 Å². The van der Waals surface area contributed by atoms with Crippen molar-refractivity contribution in [3.05, 3.63) is 77.9 Å². The Hall–Kier alpha value is -3.35. The van der Waals surface area contributed by atoms with Crippen LogP contribution in [0.3, 0.4) is 0 Å². The van der Waals surface area contributed by atoms with Gasteiger partial charge in [-0.15, -0.1) is 0 Å². The largest absolute Gasteiger partial charge is 0.372 e.